The molecule has 0 saturated carbocycles. The van der Waals surface area contributed by atoms with E-state index in [0.717, 1.165) is 5.65 Å². The van der Waals surface area contributed by atoms with Crippen molar-refractivity contribution in [2.24, 2.45) is 0 Å². The monoisotopic (exact) mass is 272 g/mol. The second-order valence-electron chi connectivity index (χ2n) is 3.69. The van der Waals surface area contributed by atoms with Crippen LogP contribution in [0.15, 0.2) is 52.9 Å². The summed E-state index contributed by atoms with van der Waals surface area (Å²) in [5.74, 6) is -1.01. The quantitative estimate of drug-likeness (QED) is 0.785. The Hall–Kier alpha value is -2.41. The molecule has 3 aromatic heterocycles. The van der Waals surface area contributed by atoms with E-state index in [1.165, 1.54) is 18.0 Å². The molecule has 0 spiro atoms. The first-order valence-electron chi connectivity index (χ1n) is 5.40. The lowest BCUT2D eigenvalue weighted by atomic mass is 10.3. The summed E-state index contributed by atoms with van der Waals surface area (Å²) in [4.78, 5) is 15.5. The van der Waals surface area contributed by atoms with Gasteiger partial charge in [-0.15, -0.1) is 10.2 Å². The lowest BCUT2D eigenvalue weighted by Crippen LogP contribution is -1.99. The van der Waals surface area contributed by atoms with Gasteiger partial charge < -0.3 is 5.11 Å². The van der Waals surface area contributed by atoms with Crippen molar-refractivity contribution in [3.8, 4) is 0 Å². The number of hydrogen-bond acceptors (Lipinski definition) is 5. The molecule has 0 bridgehead atoms. The summed E-state index contributed by atoms with van der Waals surface area (Å²) in [6, 6.07) is 7.22. The SMILES string of the molecule is O=C(O)c1cnccc1Sc1nnc2ccccn12. The topological polar surface area (TPSA) is 80.4 Å². The standard InChI is InChI=1S/C12H8N4O2S/c17-11(18)8-7-13-5-4-9(8)19-12-15-14-10-3-1-2-6-16(10)12/h1-7H,(H,17,18). The van der Waals surface area contributed by atoms with Gasteiger partial charge in [-0.2, -0.15) is 0 Å². The summed E-state index contributed by atoms with van der Waals surface area (Å²) in [6.07, 6.45) is 4.71. The second-order valence-corrected chi connectivity index (χ2v) is 4.70. The molecule has 3 rings (SSSR count). The van der Waals surface area contributed by atoms with Gasteiger partial charge >= 0.3 is 5.97 Å². The molecular weight excluding hydrogens is 264 g/mol. The minimum Gasteiger partial charge on any atom is -0.478 e. The Morgan fingerprint density at radius 3 is 3.00 bits per heavy atom. The van der Waals surface area contributed by atoms with E-state index in [2.05, 4.69) is 15.2 Å². The van der Waals surface area contributed by atoms with Crippen LogP contribution in [0, 0.1) is 0 Å². The number of carboxylic acid groups (broad SMARTS) is 1. The summed E-state index contributed by atoms with van der Waals surface area (Å²) in [5, 5.41) is 17.8. The summed E-state index contributed by atoms with van der Waals surface area (Å²) in [6.45, 7) is 0. The van der Waals surface area contributed by atoms with Gasteiger partial charge in [0.05, 0.1) is 5.56 Å². The van der Waals surface area contributed by atoms with Crippen LogP contribution in [0.3, 0.4) is 0 Å². The predicted octanol–water partition coefficient (Wildman–Crippen LogP) is 1.97. The zero-order valence-electron chi connectivity index (χ0n) is 9.59. The van der Waals surface area contributed by atoms with Crippen LogP contribution in [0.4, 0.5) is 0 Å². The number of carboxylic acids is 1. The largest absolute Gasteiger partial charge is 0.478 e. The van der Waals surface area contributed by atoms with Gasteiger partial charge in [0.1, 0.15) is 0 Å². The third-order valence-electron chi connectivity index (χ3n) is 2.50. The Morgan fingerprint density at radius 1 is 1.26 bits per heavy atom. The highest BCUT2D eigenvalue weighted by molar-refractivity contribution is 7.99. The molecule has 1 N–H and O–H groups in total. The zero-order chi connectivity index (χ0) is 13.2. The van der Waals surface area contributed by atoms with E-state index in [1.807, 2.05) is 24.4 Å². The van der Waals surface area contributed by atoms with E-state index >= 15 is 0 Å². The van der Waals surface area contributed by atoms with Crippen molar-refractivity contribution in [2.75, 3.05) is 0 Å². The van der Waals surface area contributed by atoms with Gasteiger partial charge in [-0.25, -0.2) is 4.79 Å². The molecule has 3 aromatic rings. The third-order valence-corrected chi connectivity index (χ3v) is 3.53. The first-order chi connectivity index (χ1) is 9.25. The maximum absolute atomic E-state index is 11.1. The van der Waals surface area contributed by atoms with Crippen molar-refractivity contribution >= 4 is 23.4 Å². The minimum absolute atomic E-state index is 0.153. The zero-order valence-corrected chi connectivity index (χ0v) is 10.4. The Morgan fingerprint density at radius 2 is 2.16 bits per heavy atom. The Balaban J connectivity index is 2.04. The molecule has 0 aliphatic heterocycles. The molecule has 0 aliphatic rings. The maximum atomic E-state index is 11.1. The normalized spacial score (nSPS) is 10.7. The molecule has 0 amide bonds. The molecule has 94 valence electrons. The van der Waals surface area contributed by atoms with Crippen molar-refractivity contribution in [3.05, 3.63) is 48.4 Å². The molecule has 0 fully saturated rings. The van der Waals surface area contributed by atoms with E-state index in [1.54, 1.807) is 16.7 Å². The summed E-state index contributed by atoms with van der Waals surface area (Å²) < 4.78 is 1.80. The van der Waals surface area contributed by atoms with Gasteiger partial charge in [0.15, 0.2) is 10.8 Å². The van der Waals surface area contributed by atoms with E-state index in [0.29, 0.717) is 10.1 Å². The first kappa shape index (κ1) is 11.7. The molecule has 0 saturated heterocycles. The smallest absolute Gasteiger partial charge is 0.338 e. The van der Waals surface area contributed by atoms with Crippen molar-refractivity contribution in [1.82, 2.24) is 19.6 Å². The van der Waals surface area contributed by atoms with Crippen LogP contribution >= 0.6 is 11.8 Å². The van der Waals surface area contributed by atoms with Crippen LogP contribution in [-0.4, -0.2) is 30.7 Å². The van der Waals surface area contributed by atoms with Crippen LogP contribution in [0.25, 0.3) is 5.65 Å². The fraction of sp³-hybridized carbons (Fsp3) is 0. The first-order valence-corrected chi connectivity index (χ1v) is 6.22. The number of fused-ring (bicyclic) bond motifs is 1. The fourth-order valence-corrected chi connectivity index (χ4v) is 2.53. The number of aromatic carboxylic acids is 1. The number of aromatic nitrogens is 4. The number of pyridine rings is 2. The fourth-order valence-electron chi connectivity index (χ4n) is 1.62. The molecular formula is C12H8N4O2S. The highest BCUT2D eigenvalue weighted by Crippen LogP contribution is 2.28. The molecule has 0 unspecified atom stereocenters. The van der Waals surface area contributed by atoms with Crippen LogP contribution in [0.1, 0.15) is 10.4 Å². The van der Waals surface area contributed by atoms with Crippen molar-refractivity contribution in [1.29, 1.82) is 0 Å². The van der Waals surface area contributed by atoms with Gasteiger partial charge in [-0.3, -0.25) is 9.38 Å². The Bertz CT molecular complexity index is 756. The third kappa shape index (κ3) is 2.15. The summed E-state index contributed by atoms with van der Waals surface area (Å²) in [5.41, 5.74) is 0.871. The average molecular weight is 272 g/mol. The lowest BCUT2D eigenvalue weighted by molar-refractivity contribution is 0.0692. The number of carbonyl (C=O) groups is 1. The van der Waals surface area contributed by atoms with Gasteiger partial charge in [0.25, 0.3) is 0 Å². The van der Waals surface area contributed by atoms with Crippen molar-refractivity contribution in [2.45, 2.75) is 10.1 Å². The highest BCUT2D eigenvalue weighted by Gasteiger charge is 2.14. The minimum atomic E-state index is -1.01. The van der Waals surface area contributed by atoms with Crippen molar-refractivity contribution < 1.29 is 9.90 Å². The van der Waals surface area contributed by atoms with Crippen LogP contribution < -0.4 is 0 Å². The summed E-state index contributed by atoms with van der Waals surface area (Å²) >= 11 is 1.25. The van der Waals surface area contributed by atoms with E-state index in [4.69, 9.17) is 5.11 Å². The number of rotatable bonds is 3. The molecule has 7 heteroatoms. The van der Waals surface area contributed by atoms with E-state index < -0.39 is 5.97 Å². The number of hydrogen-bond donors (Lipinski definition) is 1. The molecule has 0 atom stereocenters. The molecule has 0 aliphatic carbocycles. The molecule has 0 radical (unpaired) electrons. The van der Waals surface area contributed by atoms with Crippen molar-refractivity contribution in [3.63, 3.8) is 0 Å². The van der Waals surface area contributed by atoms with Crippen LogP contribution in [0.5, 0.6) is 0 Å². The molecule has 3 heterocycles. The van der Waals surface area contributed by atoms with Gasteiger partial charge in [-0.1, -0.05) is 6.07 Å². The summed E-state index contributed by atoms with van der Waals surface area (Å²) in [7, 11) is 0. The molecule has 0 aromatic carbocycles. The van der Waals surface area contributed by atoms with Gasteiger partial charge in [-0.05, 0) is 30.0 Å². The average Bonchev–Trinajstić information content (AvgIpc) is 2.83. The van der Waals surface area contributed by atoms with Crippen LogP contribution in [-0.2, 0) is 0 Å². The maximum Gasteiger partial charge on any atom is 0.338 e. The second kappa shape index (κ2) is 4.69. The molecule has 6 nitrogen and oxygen atoms in total. The van der Waals surface area contributed by atoms with Gasteiger partial charge in [0.2, 0.25) is 0 Å². The highest BCUT2D eigenvalue weighted by atomic mass is 32.2. The van der Waals surface area contributed by atoms with E-state index in [-0.39, 0.29) is 5.56 Å². The van der Waals surface area contributed by atoms with Crippen LogP contribution in [0.2, 0.25) is 0 Å². The predicted molar refractivity (Wildman–Crippen MR) is 68.3 cm³/mol. The molecule has 19 heavy (non-hydrogen) atoms. The van der Waals surface area contributed by atoms with Gasteiger partial charge in [0, 0.05) is 23.5 Å². The Kier molecular flexibility index (Phi) is 2.88. The number of nitrogens with zero attached hydrogens (tertiary/aromatic N) is 4. The van der Waals surface area contributed by atoms with E-state index in [9.17, 15) is 4.79 Å². The Labute approximate surface area is 112 Å². The lowest BCUT2D eigenvalue weighted by Gasteiger charge is -2.03.